The van der Waals surface area contributed by atoms with Crippen LogP contribution < -0.4 is 24.8 Å². The maximum atomic E-state index is 5.38. The van der Waals surface area contributed by atoms with Crippen molar-refractivity contribution in [3.63, 3.8) is 0 Å². The van der Waals surface area contributed by atoms with E-state index in [2.05, 4.69) is 35.8 Å². The van der Waals surface area contributed by atoms with Gasteiger partial charge in [0.15, 0.2) is 11.5 Å². The summed E-state index contributed by atoms with van der Waals surface area (Å²) in [6.45, 7) is 0. The predicted molar refractivity (Wildman–Crippen MR) is 117 cm³/mol. The Hall–Kier alpha value is -4.34. The summed E-state index contributed by atoms with van der Waals surface area (Å²) in [7, 11) is 4.66. The van der Waals surface area contributed by atoms with Gasteiger partial charge >= 0.3 is 0 Å². The first-order valence-corrected chi connectivity index (χ1v) is 9.33. The van der Waals surface area contributed by atoms with Crippen LogP contribution >= 0.6 is 0 Å². The van der Waals surface area contributed by atoms with E-state index in [9.17, 15) is 0 Å². The molecule has 0 saturated heterocycles. The molecule has 4 rings (SSSR count). The zero-order valence-corrected chi connectivity index (χ0v) is 17.2. The van der Waals surface area contributed by atoms with Gasteiger partial charge in [-0.2, -0.15) is 10.1 Å². The molecule has 10 heteroatoms. The molecule has 4 aromatic rings. The molecular formula is C21H21N7O3. The van der Waals surface area contributed by atoms with Crippen molar-refractivity contribution in [1.29, 1.82) is 0 Å². The molecule has 31 heavy (non-hydrogen) atoms. The summed E-state index contributed by atoms with van der Waals surface area (Å²) in [4.78, 5) is 12.8. The molecule has 0 aliphatic heterocycles. The average molecular weight is 419 g/mol. The first-order chi connectivity index (χ1) is 15.2. The average Bonchev–Trinajstić information content (AvgIpc) is 3.27. The smallest absolute Gasteiger partial charge is 0.233 e. The molecule has 0 saturated carbocycles. The van der Waals surface area contributed by atoms with Crippen molar-refractivity contribution in [3.05, 3.63) is 55.0 Å². The monoisotopic (exact) mass is 419 g/mol. The van der Waals surface area contributed by atoms with E-state index in [0.717, 1.165) is 11.1 Å². The molecule has 2 aromatic carbocycles. The Balaban J connectivity index is 1.57. The van der Waals surface area contributed by atoms with Crippen molar-refractivity contribution in [1.82, 2.24) is 25.1 Å². The van der Waals surface area contributed by atoms with E-state index in [-0.39, 0.29) is 0 Å². The Morgan fingerprint density at radius 1 is 0.839 bits per heavy atom. The predicted octanol–water partition coefficient (Wildman–Crippen LogP) is 3.77. The topological polar surface area (TPSA) is 119 Å². The van der Waals surface area contributed by atoms with Gasteiger partial charge in [0.2, 0.25) is 17.6 Å². The van der Waals surface area contributed by atoms with Crippen LogP contribution in [0.4, 0.5) is 23.4 Å². The Kier molecular flexibility index (Phi) is 5.79. The van der Waals surface area contributed by atoms with Crippen LogP contribution in [0.3, 0.4) is 0 Å². The number of hydrogen-bond donors (Lipinski definition) is 3. The number of benzene rings is 2. The molecule has 0 aliphatic rings. The molecule has 0 bridgehead atoms. The highest BCUT2D eigenvalue weighted by atomic mass is 16.5. The fourth-order valence-corrected chi connectivity index (χ4v) is 3.03. The van der Waals surface area contributed by atoms with Crippen LogP contribution in [0.15, 0.2) is 55.0 Å². The molecule has 3 N–H and O–H groups in total. The zero-order chi connectivity index (χ0) is 21.6. The van der Waals surface area contributed by atoms with Crippen LogP contribution in [0, 0.1) is 0 Å². The van der Waals surface area contributed by atoms with Crippen LogP contribution in [0.25, 0.3) is 11.1 Å². The van der Waals surface area contributed by atoms with Gasteiger partial charge in [-0.3, -0.25) is 5.10 Å². The number of aromatic amines is 1. The van der Waals surface area contributed by atoms with Crippen molar-refractivity contribution in [3.8, 4) is 28.4 Å². The highest BCUT2D eigenvalue weighted by Crippen LogP contribution is 2.40. The quantitative estimate of drug-likeness (QED) is 0.392. The summed E-state index contributed by atoms with van der Waals surface area (Å²) in [6.07, 6.45) is 3.15. The molecule has 0 atom stereocenters. The summed E-state index contributed by atoms with van der Waals surface area (Å²) < 4.78 is 16.1. The first kappa shape index (κ1) is 20.0. The number of rotatable bonds is 8. The van der Waals surface area contributed by atoms with Crippen molar-refractivity contribution in [2.45, 2.75) is 0 Å². The number of anilines is 4. The van der Waals surface area contributed by atoms with Crippen molar-refractivity contribution in [2.75, 3.05) is 32.0 Å². The molecule has 0 radical (unpaired) electrons. The normalized spacial score (nSPS) is 10.4. The van der Waals surface area contributed by atoms with Crippen LogP contribution in [0.1, 0.15) is 0 Å². The van der Waals surface area contributed by atoms with Gasteiger partial charge in [-0.15, -0.1) is 0 Å². The van der Waals surface area contributed by atoms with E-state index >= 15 is 0 Å². The molecule has 0 amide bonds. The van der Waals surface area contributed by atoms with Crippen LogP contribution in [0.2, 0.25) is 0 Å². The van der Waals surface area contributed by atoms with Gasteiger partial charge in [0.05, 0.1) is 27.5 Å². The minimum absolute atomic E-state index is 0.340. The molecule has 2 aromatic heterocycles. The van der Waals surface area contributed by atoms with E-state index < -0.39 is 0 Å². The number of methoxy groups -OCH3 is 3. The number of hydrogen-bond acceptors (Lipinski definition) is 9. The minimum Gasteiger partial charge on any atom is -0.493 e. The van der Waals surface area contributed by atoms with Crippen molar-refractivity contribution in [2.24, 2.45) is 0 Å². The number of H-pyrrole nitrogens is 1. The minimum atomic E-state index is 0.340. The second-order valence-electron chi connectivity index (χ2n) is 6.32. The standard InChI is InChI=1S/C21H21N7O3/c1-29-16-9-14(10-17(30-2)18(16)31-3)25-20-22-12-23-21(27-20)26-19-15(11-24-28-19)13-7-5-4-6-8-13/h4-12H,1-3H3,(H3,22,23,24,25,26,27,28). The Bertz CT molecular complexity index is 1140. The third-order valence-corrected chi connectivity index (χ3v) is 4.45. The number of aromatic nitrogens is 5. The lowest BCUT2D eigenvalue weighted by molar-refractivity contribution is 0.324. The third-order valence-electron chi connectivity index (χ3n) is 4.45. The lowest BCUT2D eigenvalue weighted by Crippen LogP contribution is -2.04. The highest BCUT2D eigenvalue weighted by molar-refractivity contribution is 5.76. The summed E-state index contributed by atoms with van der Waals surface area (Å²) in [5.41, 5.74) is 2.59. The molecule has 158 valence electrons. The van der Waals surface area contributed by atoms with Gasteiger partial charge in [-0.1, -0.05) is 30.3 Å². The number of nitrogens with zero attached hydrogens (tertiary/aromatic N) is 4. The van der Waals surface area contributed by atoms with Gasteiger partial charge in [-0.25, -0.2) is 9.97 Å². The zero-order valence-electron chi connectivity index (χ0n) is 17.2. The van der Waals surface area contributed by atoms with Gasteiger partial charge in [0.25, 0.3) is 0 Å². The first-order valence-electron chi connectivity index (χ1n) is 9.33. The summed E-state index contributed by atoms with van der Waals surface area (Å²) in [6, 6.07) is 13.4. The molecular weight excluding hydrogens is 398 g/mol. The van der Waals surface area contributed by atoms with Crippen LogP contribution in [-0.2, 0) is 0 Å². The summed E-state index contributed by atoms with van der Waals surface area (Å²) in [5, 5.41) is 13.3. The van der Waals surface area contributed by atoms with Crippen molar-refractivity contribution < 1.29 is 14.2 Å². The van der Waals surface area contributed by atoms with Gasteiger partial charge in [0, 0.05) is 23.4 Å². The van der Waals surface area contributed by atoms with E-state index in [1.807, 2.05) is 30.3 Å². The second-order valence-corrected chi connectivity index (χ2v) is 6.32. The Morgan fingerprint density at radius 3 is 2.16 bits per heavy atom. The molecule has 0 unspecified atom stereocenters. The fraction of sp³-hybridized carbons (Fsp3) is 0.143. The van der Waals surface area contributed by atoms with E-state index in [1.54, 1.807) is 39.7 Å². The van der Waals surface area contributed by atoms with E-state index in [4.69, 9.17) is 14.2 Å². The molecule has 0 fully saturated rings. The van der Waals surface area contributed by atoms with Crippen LogP contribution in [0.5, 0.6) is 17.2 Å². The Labute approximate surface area is 178 Å². The summed E-state index contributed by atoms with van der Waals surface area (Å²) >= 11 is 0. The van der Waals surface area contributed by atoms with Crippen molar-refractivity contribution >= 4 is 23.4 Å². The SMILES string of the molecule is COc1cc(Nc2ncnc(Nc3[nH]ncc3-c3ccccc3)n2)cc(OC)c1OC. The van der Waals surface area contributed by atoms with Gasteiger partial charge in [0.1, 0.15) is 12.1 Å². The molecule has 0 spiro atoms. The van der Waals surface area contributed by atoms with E-state index in [0.29, 0.717) is 40.7 Å². The maximum absolute atomic E-state index is 5.38. The molecule has 2 heterocycles. The van der Waals surface area contributed by atoms with E-state index in [1.165, 1.54) is 6.33 Å². The lowest BCUT2D eigenvalue weighted by atomic mass is 10.1. The van der Waals surface area contributed by atoms with Gasteiger partial charge < -0.3 is 24.8 Å². The van der Waals surface area contributed by atoms with Gasteiger partial charge in [-0.05, 0) is 5.56 Å². The highest BCUT2D eigenvalue weighted by Gasteiger charge is 2.14. The number of ether oxygens (including phenoxy) is 3. The van der Waals surface area contributed by atoms with Crippen LogP contribution in [-0.4, -0.2) is 46.5 Å². The second kappa shape index (κ2) is 8.99. The third kappa shape index (κ3) is 4.32. The Morgan fingerprint density at radius 2 is 1.52 bits per heavy atom. The fourth-order valence-electron chi connectivity index (χ4n) is 3.03. The maximum Gasteiger partial charge on any atom is 0.233 e. The largest absolute Gasteiger partial charge is 0.493 e. The summed E-state index contributed by atoms with van der Waals surface area (Å²) in [5.74, 6) is 2.90. The molecule has 0 aliphatic carbocycles. The molecule has 10 nitrogen and oxygen atoms in total. The lowest BCUT2D eigenvalue weighted by Gasteiger charge is -2.14. The number of nitrogens with one attached hydrogen (secondary N) is 3.